The number of aromatic nitrogens is 2. The van der Waals surface area contributed by atoms with E-state index >= 15 is 0 Å². The van der Waals surface area contributed by atoms with Crippen LogP contribution in [0.1, 0.15) is 32.2 Å². The van der Waals surface area contributed by atoms with Gasteiger partial charge in [0.05, 0.1) is 16.6 Å². The van der Waals surface area contributed by atoms with Gasteiger partial charge in [0, 0.05) is 0 Å². The number of aliphatic hydroxyl groups is 1. The third-order valence-corrected chi connectivity index (χ3v) is 3.33. The van der Waals surface area contributed by atoms with Crippen LogP contribution in [0.3, 0.4) is 0 Å². The Morgan fingerprint density at radius 3 is 2.50 bits per heavy atom. The molecule has 1 aromatic rings. The van der Waals surface area contributed by atoms with E-state index in [1.54, 1.807) is 27.7 Å². The number of carbonyl (C=O) groups is 1. The van der Waals surface area contributed by atoms with Crippen molar-refractivity contribution >= 4 is 11.6 Å². The summed E-state index contributed by atoms with van der Waals surface area (Å²) in [4.78, 5) is 22.3. The first-order chi connectivity index (χ1) is 9.06. The molecule has 0 saturated heterocycles. The molecule has 0 aliphatic rings. The summed E-state index contributed by atoms with van der Waals surface area (Å²) in [7, 11) is 0. The lowest BCUT2D eigenvalue weighted by Gasteiger charge is -2.29. The lowest BCUT2D eigenvalue weighted by Crippen LogP contribution is -2.51. The minimum Gasteiger partial charge on any atom is -0.391 e. The van der Waals surface area contributed by atoms with Crippen LogP contribution in [0.4, 0.5) is 5.69 Å². The van der Waals surface area contributed by atoms with E-state index < -0.39 is 16.6 Å². The predicted octanol–water partition coefficient (Wildman–Crippen LogP) is 0.684. The molecule has 0 spiro atoms. The molecule has 0 aliphatic heterocycles. The van der Waals surface area contributed by atoms with Gasteiger partial charge < -0.3 is 10.4 Å². The number of amides is 1. The average Bonchev–Trinajstić information content (AvgIpc) is 2.52. The molecule has 0 radical (unpaired) electrons. The standard InChI is InChI=1S/C12H20N4O4/c1-7-11(16(19)20)8(2)15(14-7)6-10(18)13-12(4,5)9(3)17/h9,17H,6H2,1-5H3,(H,13,18). The maximum atomic E-state index is 11.9. The van der Waals surface area contributed by atoms with Gasteiger partial charge >= 0.3 is 5.69 Å². The van der Waals surface area contributed by atoms with Crippen LogP contribution in [-0.4, -0.2) is 37.4 Å². The van der Waals surface area contributed by atoms with Crippen LogP contribution >= 0.6 is 0 Å². The van der Waals surface area contributed by atoms with Gasteiger partial charge in [0.2, 0.25) is 5.91 Å². The smallest absolute Gasteiger partial charge is 0.312 e. The summed E-state index contributed by atoms with van der Waals surface area (Å²) >= 11 is 0. The lowest BCUT2D eigenvalue weighted by molar-refractivity contribution is -0.386. The molecule has 0 saturated carbocycles. The number of hydrogen-bond acceptors (Lipinski definition) is 5. The van der Waals surface area contributed by atoms with E-state index in [2.05, 4.69) is 10.4 Å². The van der Waals surface area contributed by atoms with Gasteiger partial charge in [0.15, 0.2) is 0 Å². The second-order valence-electron chi connectivity index (χ2n) is 5.38. The van der Waals surface area contributed by atoms with E-state index in [9.17, 15) is 20.0 Å². The Bertz CT molecular complexity index is 534. The summed E-state index contributed by atoms with van der Waals surface area (Å²) in [5, 5.41) is 27.1. The fourth-order valence-electron chi connectivity index (χ4n) is 1.74. The quantitative estimate of drug-likeness (QED) is 0.610. The number of rotatable bonds is 5. The molecule has 1 amide bonds. The van der Waals surface area contributed by atoms with Gasteiger partial charge in [0.25, 0.3) is 0 Å². The highest BCUT2D eigenvalue weighted by Gasteiger charge is 2.27. The number of aliphatic hydroxyl groups excluding tert-OH is 1. The van der Waals surface area contributed by atoms with E-state index in [1.807, 2.05) is 0 Å². The number of nitrogens with zero attached hydrogens (tertiary/aromatic N) is 3. The molecule has 20 heavy (non-hydrogen) atoms. The summed E-state index contributed by atoms with van der Waals surface area (Å²) in [6.45, 7) is 7.91. The Hall–Kier alpha value is -1.96. The molecule has 8 heteroatoms. The minimum absolute atomic E-state index is 0.0763. The number of hydrogen-bond donors (Lipinski definition) is 2. The maximum absolute atomic E-state index is 11.9. The average molecular weight is 284 g/mol. The van der Waals surface area contributed by atoms with Crippen LogP contribution in [0.5, 0.6) is 0 Å². The monoisotopic (exact) mass is 284 g/mol. The van der Waals surface area contributed by atoms with Crippen molar-refractivity contribution in [3.8, 4) is 0 Å². The van der Waals surface area contributed by atoms with Crippen molar-refractivity contribution in [2.45, 2.75) is 52.8 Å². The van der Waals surface area contributed by atoms with E-state index in [1.165, 1.54) is 11.6 Å². The van der Waals surface area contributed by atoms with Gasteiger partial charge in [-0.25, -0.2) is 0 Å². The molecule has 0 aliphatic carbocycles. The molecule has 1 atom stereocenters. The van der Waals surface area contributed by atoms with Gasteiger partial charge in [-0.1, -0.05) is 0 Å². The van der Waals surface area contributed by atoms with Gasteiger partial charge in [0.1, 0.15) is 17.9 Å². The van der Waals surface area contributed by atoms with Crippen molar-refractivity contribution in [3.05, 3.63) is 21.5 Å². The third kappa shape index (κ3) is 3.32. The number of nitrogens with one attached hydrogen (secondary N) is 1. The molecule has 0 bridgehead atoms. The second-order valence-corrected chi connectivity index (χ2v) is 5.38. The number of aryl methyl sites for hydroxylation is 1. The molecule has 1 aromatic heterocycles. The fourth-order valence-corrected chi connectivity index (χ4v) is 1.74. The molecule has 1 rings (SSSR count). The highest BCUT2D eigenvalue weighted by Crippen LogP contribution is 2.21. The predicted molar refractivity (Wildman–Crippen MR) is 72.3 cm³/mol. The molecule has 112 valence electrons. The normalized spacial score (nSPS) is 13.1. The minimum atomic E-state index is -0.779. The van der Waals surface area contributed by atoms with Crippen LogP contribution in [-0.2, 0) is 11.3 Å². The van der Waals surface area contributed by atoms with Gasteiger partial charge in [-0.2, -0.15) is 5.10 Å². The zero-order valence-electron chi connectivity index (χ0n) is 12.3. The number of nitro groups is 1. The highest BCUT2D eigenvalue weighted by atomic mass is 16.6. The van der Waals surface area contributed by atoms with Crippen molar-refractivity contribution in [3.63, 3.8) is 0 Å². The Labute approximate surface area is 116 Å². The molecule has 8 nitrogen and oxygen atoms in total. The molecule has 2 N–H and O–H groups in total. The summed E-state index contributed by atoms with van der Waals surface area (Å²) in [5.41, 5.74) is -0.251. The van der Waals surface area contributed by atoms with Gasteiger partial charge in [-0.15, -0.1) is 0 Å². The van der Waals surface area contributed by atoms with Crippen LogP contribution in [0.15, 0.2) is 0 Å². The third-order valence-electron chi connectivity index (χ3n) is 3.33. The molecule has 0 fully saturated rings. The van der Waals surface area contributed by atoms with Crippen LogP contribution < -0.4 is 5.32 Å². The van der Waals surface area contributed by atoms with Crippen LogP contribution in [0.2, 0.25) is 0 Å². The maximum Gasteiger partial charge on any atom is 0.312 e. The van der Waals surface area contributed by atoms with E-state index in [0.717, 1.165) is 0 Å². The van der Waals surface area contributed by atoms with E-state index in [-0.39, 0.29) is 23.8 Å². The summed E-state index contributed by atoms with van der Waals surface area (Å²) in [6.07, 6.45) is -0.721. The second kappa shape index (κ2) is 5.58. The Morgan fingerprint density at radius 2 is 2.10 bits per heavy atom. The fraction of sp³-hybridized carbons (Fsp3) is 0.667. The molecular weight excluding hydrogens is 264 g/mol. The van der Waals surface area contributed by atoms with Gasteiger partial charge in [-0.3, -0.25) is 19.6 Å². The molecule has 1 heterocycles. The summed E-state index contributed by atoms with van der Waals surface area (Å²) in [6, 6.07) is 0. The topological polar surface area (TPSA) is 110 Å². The Kier molecular flexibility index (Phi) is 4.49. The zero-order chi connectivity index (χ0) is 15.7. The van der Waals surface area contributed by atoms with Crippen LogP contribution in [0, 0.1) is 24.0 Å². The first kappa shape index (κ1) is 16.1. The Morgan fingerprint density at radius 1 is 1.55 bits per heavy atom. The van der Waals surface area contributed by atoms with E-state index in [0.29, 0.717) is 5.69 Å². The zero-order valence-corrected chi connectivity index (χ0v) is 12.3. The van der Waals surface area contributed by atoms with Crippen molar-refractivity contribution in [1.82, 2.24) is 15.1 Å². The van der Waals surface area contributed by atoms with Gasteiger partial charge in [-0.05, 0) is 34.6 Å². The lowest BCUT2D eigenvalue weighted by atomic mass is 9.99. The van der Waals surface area contributed by atoms with Crippen molar-refractivity contribution < 1.29 is 14.8 Å². The van der Waals surface area contributed by atoms with E-state index in [4.69, 9.17) is 0 Å². The molecular formula is C12H20N4O4. The van der Waals surface area contributed by atoms with Crippen molar-refractivity contribution in [1.29, 1.82) is 0 Å². The molecule has 0 aromatic carbocycles. The van der Waals surface area contributed by atoms with Crippen LogP contribution in [0.25, 0.3) is 0 Å². The first-order valence-electron chi connectivity index (χ1n) is 6.23. The summed E-state index contributed by atoms with van der Waals surface area (Å²) < 4.78 is 1.29. The molecule has 1 unspecified atom stereocenters. The Balaban J connectivity index is 2.88. The first-order valence-corrected chi connectivity index (χ1v) is 6.23. The SMILES string of the molecule is Cc1nn(CC(=O)NC(C)(C)C(C)O)c(C)c1[N+](=O)[O-]. The highest BCUT2D eigenvalue weighted by molar-refractivity contribution is 5.76. The number of carbonyl (C=O) groups excluding carboxylic acids is 1. The van der Waals surface area contributed by atoms with Crippen molar-refractivity contribution in [2.24, 2.45) is 0 Å². The summed E-state index contributed by atoms with van der Waals surface area (Å²) in [5.74, 6) is -0.364. The van der Waals surface area contributed by atoms with Crippen molar-refractivity contribution in [2.75, 3.05) is 0 Å². The largest absolute Gasteiger partial charge is 0.391 e.